The van der Waals surface area contributed by atoms with Crippen molar-refractivity contribution >= 4 is 23.8 Å². The monoisotopic (exact) mass is 967 g/mol. The average molecular weight is 967 g/mol. The first kappa shape index (κ1) is 56.0. The number of amides is 2. The molecule has 6 aliphatic rings. The van der Waals surface area contributed by atoms with Crippen LogP contribution < -0.4 is 10.6 Å². The normalized spacial score (nSPS) is 36.5. The van der Waals surface area contributed by atoms with E-state index >= 15 is 0 Å². The molecular weight excluding hydrogens is 885 g/mol. The third-order valence-electron chi connectivity index (χ3n) is 13.9. The zero-order valence-electron chi connectivity index (χ0n) is 42.7. The van der Waals surface area contributed by atoms with Gasteiger partial charge in [-0.1, -0.05) is 87.4 Å². The van der Waals surface area contributed by atoms with E-state index < -0.39 is 12.1 Å². The second-order valence-corrected chi connectivity index (χ2v) is 20.9. The summed E-state index contributed by atoms with van der Waals surface area (Å²) in [4.78, 5) is 47.0. The number of esters is 1. The number of carbonyl (C=O) groups is 4. The van der Waals surface area contributed by atoms with Crippen molar-refractivity contribution in [2.24, 2.45) is 17.8 Å². The molecule has 15 heteroatoms. The molecule has 0 bridgehead atoms. The Balaban J connectivity index is 0.000000258. The van der Waals surface area contributed by atoms with Gasteiger partial charge in [0.2, 0.25) is 11.8 Å². The van der Waals surface area contributed by atoms with Gasteiger partial charge in [0.15, 0.2) is 0 Å². The van der Waals surface area contributed by atoms with Crippen LogP contribution in [0, 0.1) is 17.8 Å². The highest BCUT2D eigenvalue weighted by Crippen LogP contribution is 2.44. The van der Waals surface area contributed by atoms with Crippen molar-refractivity contribution in [3.05, 3.63) is 71.9 Å². The number of hydrogen-bond acceptors (Lipinski definition) is 12. The molecule has 69 heavy (non-hydrogen) atoms. The summed E-state index contributed by atoms with van der Waals surface area (Å²) < 4.78 is 40.7. The summed E-state index contributed by atoms with van der Waals surface area (Å²) in [5, 5.41) is 24.5. The molecule has 0 aliphatic carbocycles. The standard InChI is InChI=1S/C27H41NO7.C27H41NO6/c1-17(6-9-21-14-27(16-33-27)15-22(35-21)13-26(31)32-5)7-10-24-18(2)12-23(20(4)34-24)28-25(30)11-8-19(3)29;1-17(2)6-11-25(29)28-23-12-19(4)24(33-20(23)5)10-8-18(3)7-9-21-14-27(16-32-27)15-22(34-21)13-26(30)31/h6-9,11,18-24,29H,10,12-16H2,1-5H3,(H,28,30);6-9,11,17,19-24H,10,12-16H2,1-5H3,(H,28,29)(H,30,31)/b9-6+,11-8-,17-7+;9-7+,11-6-,18-8+/t18-,19-,20+,21+,22+,23+,24-,27+;19-,20+,21+,22+,23+,24-,27+/m00/s1. The van der Waals surface area contributed by atoms with Crippen LogP contribution in [0.5, 0.6) is 0 Å². The predicted molar refractivity (Wildman–Crippen MR) is 262 cm³/mol. The Kier molecular flexibility index (Phi) is 21.0. The van der Waals surface area contributed by atoms with Crippen LogP contribution in [-0.4, -0.2) is 133 Å². The number of carbonyl (C=O) groups excluding carboxylic acids is 3. The number of rotatable bonds is 18. The largest absolute Gasteiger partial charge is 0.481 e. The topological polar surface area (TPSA) is 204 Å². The van der Waals surface area contributed by atoms with Gasteiger partial charge in [-0.2, -0.15) is 0 Å². The van der Waals surface area contributed by atoms with E-state index in [-0.39, 0.29) is 109 Å². The maximum Gasteiger partial charge on any atom is 0.308 e. The summed E-state index contributed by atoms with van der Waals surface area (Å²) in [5.74, 6) is -0.417. The molecule has 6 aliphatic heterocycles. The van der Waals surface area contributed by atoms with E-state index in [0.29, 0.717) is 24.9 Å². The van der Waals surface area contributed by atoms with Crippen molar-refractivity contribution < 1.29 is 62.5 Å². The lowest BCUT2D eigenvalue weighted by Crippen LogP contribution is -2.50. The number of nitrogens with one attached hydrogen (secondary N) is 2. The number of methoxy groups -OCH3 is 1. The van der Waals surface area contributed by atoms with Crippen LogP contribution in [0.4, 0.5) is 0 Å². The van der Waals surface area contributed by atoms with Crippen molar-refractivity contribution in [2.45, 2.75) is 205 Å². The molecule has 6 heterocycles. The fourth-order valence-corrected chi connectivity index (χ4v) is 9.68. The van der Waals surface area contributed by atoms with Gasteiger partial charge in [0, 0.05) is 31.8 Å². The molecule has 0 aromatic heterocycles. The molecule has 0 aromatic carbocycles. The summed E-state index contributed by atoms with van der Waals surface area (Å²) in [7, 11) is 1.39. The van der Waals surface area contributed by atoms with E-state index in [9.17, 15) is 24.3 Å². The number of aliphatic hydroxyl groups is 1. The van der Waals surface area contributed by atoms with Gasteiger partial charge in [0.25, 0.3) is 0 Å². The molecule has 2 spiro atoms. The summed E-state index contributed by atoms with van der Waals surface area (Å²) in [6.07, 6.45) is 24.1. The van der Waals surface area contributed by atoms with Crippen molar-refractivity contribution in [1.82, 2.24) is 10.6 Å². The van der Waals surface area contributed by atoms with Gasteiger partial charge in [-0.15, -0.1) is 0 Å². The fraction of sp³-hybridized carbons (Fsp3) is 0.704. The lowest BCUT2D eigenvalue weighted by Gasteiger charge is -2.39. The zero-order valence-corrected chi connectivity index (χ0v) is 42.7. The number of aliphatic hydroxyl groups excluding tert-OH is 1. The van der Waals surface area contributed by atoms with Crippen molar-refractivity contribution in [1.29, 1.82) is 0 Å². The maximum absolute atomic E-state index is 12.2. The molecule has 386 valence electrons. The van der Waals surface area contributed by atoms with Crippen molar-refractivity contribution in [3.8, 4) is 0 Å². The molecule has 0 radical (unpaired) electrons. The van der Waals surface area contributed by atoms with E-state index in [4.69, 9.17) is 38.3 Å². The number of carboxylic acids is 1. The molecule has 15 atom stereocenters. The van der Waals surface area contributed by atoms with Gasteiger partial charge in [-0.3, -0.25) is 19.2 Å². The van der Waals surface area contributed by atoms with Gasteiger partial charge in [0.05, 0.1) is 111 Å². The quantitative estimate of drug-likeness (QED) is 0.0466. The first-order valence-electron chi connectivity index (χ1n) is 25.2. The van der Waals surface area contributed by atoms with Crippen LogP contribution in [0.1, 0.15) is 127 Å². The van der Waals surface area contributed by atoms with Crippen molar-refractivity contribution in [3.63, 3.8) is 0 Å². The van der Waals surface area contributed by atoms with Crippen LogP contribution in [0.25, 0.3) is 0 Å². The second kappa shape index (κ2) is 25.9. The summed E-state index contributed by atoms with van der Waals surface area (Å²) >= 11 is 0. The minimum atomic E-state index is -0.842. The molecule has 0 aromatic rings. The highest BCUT2D eigenvalue weighted by atomic mass is 16.6. The first-order valence-corrected chi connectivity index (χ1v) is 25.2. The Labute approximate surface area is 410 Å². The SMILES string of the molecule is CC(/C=C/[C@@H]1C[C@]2(CO2)C[C@@H](CC(=O)O)O1)=C\C[C@@H]1O[C@H](C)[C@H](NC(=O)/C=C\C(C)C)C[C@@H]1C.COC(=O)C[C@@H]1C[C@@]2(CO2)C[C@@H](/C=C/C(C)=C/C[C@@H]2O[C@H](C)[C@H](NC(=O)/C=C\[C@H](C)O)C[C@@H]2C)O1. The zero-order chi connectivity index (χ0) is 50.5. The number of epoxide rings is 2. The lowest BCUT2D eigenvalue weighted by molar-refractivity contribution is -0.147. The lowest BCUT2D eigenvalue weighted by atomic mass is 9.88. The number of allylic oxidation sites excluding steroid dienone is 5. The molecule has 6 fully saturated rings. The molecule has 6 rings (SSSR count). The molecule has 6 saturated heterocycles. The van der Waals surface area contributed by atoms with Crippen LogP contribution in [0.15, 0.2) is 71.9 Å². The highest BCUT2D eigenvalue weighted by Gasteiger charge is 2.52. The predicted octanol–water partition coefficient (Wildman–Crippen LogP) is 7.17. The Morgan fingerprint density at radius 2 is 1.10 bits per heavy atom. The number of ether oxygens (including phenoxy) is 7. The van der Waals surface area contributed by atoms with Crippen LogP contribution in [0.2, 0.25) is 0 Å². The molecule has 2 amide bonds. The van der Waals surface area contributed by atoms with Gasteiger partial charge in [0.1, 0.15) is 0 Å². The Hall–Kier alpha value is -3.96. The smallest absolute Gasteiger partial charge is 0.308 e. The second-order valence-electron chi connectivity index (χ2n) is 20.9. The first-order chi connectivity index (χ1) is 32.6. The van der Waals surface area contributed by atoms with E-state index in [1.807, 2.05) is 45.9 Å². The summed E-state index contributed by atoms with van der Waals surface area (Å²) in [5.41, 5.74) is 1.90. The summed E-state index contributed by atoms with van der Waals surface area (Å²) in [6, 6.07) is -0.0459. The molecule has 4 N–H and O–H groups in total. The highest BCUT2D eigenvalue weighted by molar-refractivity contribution is 5.88. The Morgan fingerprint density at radius 1 is 0.667 bits per heavy atom. The Bertz CT molecular complexity index is 1910. The van der Waals surface area contributed by atoms with E-state index in [1.54, 1.807) is 13.0 Å². The third-order valence-corrected chi connectivity index (χ3v) is 13.9. The Morgan fingerprint density at radius 3 is 1.49 bits per heavy atom. The van der Waals surface area contributed by atoms with Gasteiger partial charge in [-0.25, -0.2) is 0 Å². The summed E-state index contributed by atoms with van der Waals surface area (Å²) in [6.45, 7) is 19.6. The number of carboxylic acid groups (broad SMARTS) is 1. The average Bonchev–Trinajstić information content (AvgIpc) is 4.22. The fourth-order valence-electron chi connectivity index (χ4n) is 9.68. The maximum atomic E-state index is 12.2. The van der Waals surface area contributed by atoms with Crippen LogP contribution in [-0.2, 0) is 52.3 Å². The van der Waals surface area contributed by atoms with E-state index in [0.717, 1.165) is 62.7 Å². The molecular formula is C54H82N2O13. The minimum Gasteiger partial charge on any atom is -0.481 e. The molecule has 0 saturated carbocycles. The van der Waals surface area contributed by atoms with Crippen LogP contribution in [0.3, 0.4) is 0 Å². The van der Waals surface area contributed by atoms with Gasteiger partial charge >= 0.3 is 11.9 Å². The van der Waals surface area contributed by atoms with E-state index in [2.05, 4.69) is 62.6 Å². The van der Waals surface area contributed by atoms with E-state index in [1.165, 1.54) is 19.3 Å². The molecule has 15 nitrogen and oxygen atoms in total. The van der Waals surface area contributed by atoms with Crippen LogP contribution >= 0.6 is 0 Å². The molecule has 0 unspecified atom stereocenters. The number of hydrogen-bond donors (Lipinski definition) is 4. The van der Waals surface area contributed by atoms with Gasteiger partial charge < -0.3 is 54.0 Å². The van der Waals surface area contributed by atoms with Crippen molar-refractivity contribution in [2.75, 3.05) is 20.3 Å². The van der Waals surface area contributed by atoms with Gasteiger partial charge in [-0.05, 0) is 84.1 Å². The third kappa shape index (κ3) is 19.0. The minimum absolute atomic E-state index is 0.00875. The number of aliphatic carboxylic acids is 1.